The molecule has 0 amide bonds. The second kappa shape index (κ2) is 3.33. The molecule has 2 heteroatoms. The van der Waals surface area contributed by atoms with Gasteiger partial charge in [0.1, 0.15) is 0 Å². The quantitative estimate of drug-likeness (QED) is 0.705. The van der Waals surface area contributed by atoms with Crippen molar-refractivity contribution in [2.45, 2.75) is 39.2 Å². The van der Waals surface area contributed by atoms with Crippen LogP contribution in [0.2, 0.25) is 0 Å². The Labute approximate surface area is 96.1 Å². The van der Waals surface area contributed by atoms with Crippen LogP contribution in [0.1, 0.15) is 30.7 Å². The minimum absolute atomic E-state index is 0.618. The average molecular weight is 221 g/mol. The smallest absolute Gasteiger partial charge is 0.00835 e. The van der Waals surface area contributed by atoms with Crippen LogP contribution in [0.4, 0.5) is 0 Å². The molecule has 2 aliphatic rings. The van der Waals surface area contributed by atoms with Gasteiger partial charge in [-0.05, 0) is 62.1 Å². The van der Waals surface area contributed by atoms with E-state index in [4.69, 9.17) is 0 Å². The molecular formula is C13H19NS. The number of rotatable bonds is 1. The van der Waals surface area contributed by atoms with Gasteiger partial charge in [-0.2, -0.15) is 0 Å². The van der Waals surface area contributed by atoms with Gasteiger partial charge in [0.25, 0.3) is 0 Å². The highest BCUT2D eigenvalue weighted by molar-refractivity contribution is 7.10. The maximum Gasteiger partial charge on any atom is 0.00835 e. The molecule has 1 aliphatic heterocycles. The molecule has 1 aliphatic carbocycles. The highest BCUT2D eigenvalue weighted by Crippen LogP contribution is 2.45. The van der Waals surface area contributed by atoms with Gasteiger partial charge in [0.15, 0.2) is 0 Å². The summed E-state index contributed by atoms with van der Waals surface area (Å²) in [6, 6.07) is 3.07. The number of fused-ring (bicyclic) bond motifs is 1. The van der Waals surface area contributed by atoms with Gasteiger partial charge in [0.05, 0.1) is 0 Å². The molecule has 0 bridgehead atoms. The van der Waals surface area contributed by atoms with Crippen LogP contribution in [0.3, 0.4) is 0 Å². The predicted molar refractivity (Wildman–Crippen MR) is 65.5 cm³/mol. The van der Waals surface area contributed by atoms with Gasteiger partial charge in [-0.3, -0.25) is 0 Å². The van der Waals surface area contributed by atoms with Crippen LogP contribution in [-0.4, -0.2) is 24.0 Å². The molecule has 1 atom stereocenters. The van der Waals surface area contributed by atoms with Crippen LogP contribution in [0.25, 0.3) is 0 Å². The molecule has 1 fully saturated rings. The summed E-state index contributed by atoms with van der Waals surface area (Å²) in [5, 5.41) is 2.26. The molecule has 2 heterocycles. The van der Waals surface area contributed by atoms with E-state index in [1.54, 1.807) is 10.4 Å². The number of hydrogen-bond acceptors (Lipinski definition) is 2. The highest BCUT2D eigenvalue weighted by atomic mass is 32.1. The van der Waals surface area contributed by atoms with E-state index >= 15 is 0 Å². The monoisotopic (exact) mass is 221 g/mol. The second-order valence-electron chi connectivity index (χ2n) is 5.54. The Morgan fingerprint density at radius 3 is 2.93 bits per heavy atom. The third kappa shape index (κ3) is 1.55. The molecule has 15 heavy (non-hydrogen) atoms. The van der Waals surface area contributed by atoms with Crippen molar-refractivity contribution in [3.05, 3.63) is 21.9 Å². The molecule has 1 spiro atoms. The van der Waals surface area contributed by atoms with Crippen molar-refractivity contribution < 1.29 is 0 Å². The molecule has 0 saturated carbocycles. The zero-order chi connectivity index (χ0) is 10.5. The van der Waals surface area contributed by atoms with Crippen LogP contribution < -0.4 is 0 Å². The summed E-state index contributed by atoms with van der Waals surface area (Å²) in [6.07, 6.45) is 4.10. The average Bonchev–Trinajstić information content (AvgIpc) is 2.80. The Bertz CT molecular complexity index is 346. The van der Waals surface area contributed by atoms with E-state index in [1.165, 1.54) is 32.4 Å². The van der Waals surface area contributed by atoms with Crippen molar-refractivity contribution in [3.63, 3.8) is 0 Å². The fourth-order valence-electron chi connectivity index (χ4n) is 3.19. The van der Waals surface area contributed by atoms with Crippen molar-refractivity contribution in [2.24, 2.45) is 5.41 Å². The van der Waals surface area contributed by atoms with Crippen molar-refractivity contribution in [1.82, 2.24) is 4.90 Å². The molecule has 82 valence electrons. The Morgan fingerprint density at radius 2 is 2.27 bits per heavy atom. The summed E-state index contributed by atoms with van der Waals surface area (Å²) in [5.41, 5.74) is 2.26. The Kier molecular flexibility index (Phi) is 2.18. The minimum atomic E-state index is 0.618. The van der Waals surface area contributed by atoms with E-state index in [9.17, 15) is 0 Å². The van der Waals surface area contributed by atoms with Crippen molar-refractivity contribution >= 4 is 11.3 Å². The molecule has 0 N–H and O–H groups in total. The van der Waals surface area contributed by atoms with Crippen LogP contribution in [0.15, 0.2) is 11.4 Å². The lowest BCUT2D eigenvalue weighted by Crippen LogP contribution is -2.32. The van der Waals surface area contributed by atoms with Crippen LogP contribution in [0.5, 0.6) is 0 Å². The number of likely N-dealkylation sites (tertiary alicyclic amines) is 1. The largest absolute Gasteiger partial charge is 0.300 e. The molecule has 0 aromatic carbocycles. The lowest BCUT2D eigenvalue weighted by molar-refractivity contribution is 0.228. The van der Waals surface area contributed by atoms with E-state index in [0.717, 1.165) is 6.04 Å². The van der Waals surface area contributed by atoms with Crippen molar-refractivity contribution in [1.29, 1.82) is 0 Å². The first-order valence-electron chi connectivity index (χ1n) is 5.98. The number of nitrogens with zero attached hydrogens (tertiary/aromatic N) is 1. The van der Waals surface area contributed by atoms with Gasteiger partial charge in [0.2, 0.25) is 0 Å². The van der Waals surface area contributed by atoms with Crippen molar-refractivity contribution in [3.8, 4) is 0 Å². The molecule has 1 aromatic heterocycles. The zero-order valence-electron chi connectivity index (χ0n) is 9.62. The second-order valence-corrected chi connectivity index (χ2v) is 6.54. The molecule has 1 unspecified atom stereocenters. The standard InChI is InChI=1S/C13H19NS/c1-10(2)14-5-4-13(9-14)7-11-3-6-15-12(11)8-13/h3,6,10H,4-5,7-9H2,1-2H3. The summed E-state index contributed by atoms with van der Waals surface area (Å²) < 4.78 is 0. The normalized spacial score (nSPS) is 30.6. The van der Waals surface area contributed by atoms with E-state index < -0.39 is 0 Å². The van der Waals surface area contributed by atoms with Crippen molar-refractivity contribution in [2.75, 3.05) is 13.1 Å². The predicted octanol–water partition coefficient (Wildman–Crippen LogP) is 2.95. The van der Waals surface area contributed by atoms with Crippen LogP contribution >= 0.6 is 11.3 Å². The molecule has 1 nitrogen and oxygen atoms in total. The first kappa shape index (κ1) is 9.86. The molecule has 3 rings (SSSR count). The van der Waals surface area contributed by atoms with Gasteiger partial charge in [-0.25, -0.2) is 0 Å². The topological polar surface area (TPSA) is 3.24 Å². The van der Waals surface area contributed by atoms with Crippen LogP contribution in [0, 0.1) is 5.41 Å². The number of thiophene rings is 1. The third-order valence-corrected chi connectivity index (χ3v) is 5.10. The summed E-state index contributed by atoms with van der Waals surface area (Å²) in [4.78, 5) is 4.32. The molecular weight excluding hydrogens is 202 g/mol. The van der Waals surface area contributed by atoms with Gasteiger partial charge in [0, 0.05) is 17.5 Å². The first-order chi connectivity index (χ1) is 7.19. The maximum absolute atomic E-state index is 2.65. The minimum Gasteiger partial charge on any atom is -0.300 e. The lowest BCUT2D eigenvalue weighted by atomic mass is 9.84. The SMILES string of the molecule is CC(C)N1CCC2(Cc3ccsc3C2)C1. The van der Waals surface area contributed by atoms with E-state index in [-0.39, 0.29) is 0 Å². The third-order valence-electron chi connectivity index (χ3n) is 4.14. The van der Waals surface area contributed by atoms with Gasteiger partial charge >= 0.3 is 0 Å². The summed E-state index contributed by atoms with van der Waals surface area (Å²) in [5.74, 6) is 0. The fraction of sp³-hybridized carbons (Fsp3) is 0.692. The highest BCUT2D eigenvalue weighted by Gasteiger charge is 2.43. The van der Waals surface area contributed by atoms with Gasteiger partial charge in [-0.1, -0.05) is 0 Å². The zero-order valence-corrected chi connectivity index (χ0v) is 10.4. The van der Waals surface area contributed by atoms with Crippen LogP contribution in [-0.2, 0) is 12.8 Å². The molecule has 1 saturated heterocycles. The Morgan fingerprint density at radius 1 is 1.40 bits per heavy atom. The van der Waals surface area contributed by atoms with E-state index in [2.05, 4.69) is 30.2 Å². The summed E-state index contributed by atoms with van der Waals surface area (Å²) in [7, 11) is 0. The Hall–Kier alpha value is -0.340. The van der Waals surface area contributed by atoms with E-state index in [0.29, 0.717) is 5.41 Å². The van der Waals surface area contributed by atoms with Gasteiger partial charge < -0.3 is 4.90 Å². The van der Waals surface area contributed by atoms with Gasteiger partial charge in [-0.15, -0.1) is 11.3 Å². The maximum atomic E-state index is 2.65. The summed E-state index contributed by atoms with van der Waals surface area (Å²) >= 11 is 1.96. The van der Waals surface area contributed by atoms with E-state index in [1.807, 2.05) is 11.3 Å². The Balaban J connectivity index is 1.78. The fourth-order valence-corrected chi connectivity index (χ4v) is 4.26. The molecule has 0 radical (unpaired) electrons. The first-order valence-corrected chi connectivity index (χ1v) is 6.86. The lowest BCUT2D eigenvalue weighted by Gasteiger charge is -2.25. The number of hydrogen-bond donors (Lipinski definition) is 0. The molecule has 1 aromatic rings. The summed E-state index contributed by atoms with van der Waals surface area (Å²) in [6.45, 7) is 7.28.